The molecular formula is C36H57O3PSi3. The first-order valence-corrected chi connectivity index (χ1v) is 21.1. The molecule has 0 aliphatic rings. The summed E-state index contributed by atoms with van der Waals surface area (Å²) in [6.45, 7) is 34.4. The normalized spacial score (nSPS) is 14.0. The van der Waals surface area contributed by atoms with Crippen LogP contribution in [0.5, 0.6) is 17.2 Å². The summed E-state index contributed by atoms with van der Waals surface area (Å²) in [6, 6.07) is 13.0. The quantitative estimate of drug-likeness (QED) is 0.179. The first-order valence-electron chi connectivity index (χ1n) is 15.8. The van der Waals surface area contributed by atoms with Crippen LogP contribution in [0.25, 0.3) is 0 Å². The third kappa shape index (κ3) is 10.1. The van der Waals surface area contributed by atoms with Crippen LogP contribution in [-0.4, -0.2) is 28.6 Å². The molecule has 0 aliphatic heterocycles. The molecule has 3 rings (SSSR count). The van der Waals surface area contributed by atoms with E-state index in [4.69, 9.17) is 13.6 Å². The molecule has 3 nitrogen and oxygen atoms in total. The van der Waals surface area contributed by atoms with Crippen LogP contribution >= 0.6 is 8.60 Å². The Bertz CT molecular complexity index is 1270. The van der Waals surface area contributed by atoms with Gasteiger partial charge in [0, 0.05) is 0 Å². The molecule has 7 heteroatoms. The van der Waals surface area contributed by atoms with E-state index in [0.29, 0.717) is 0 Å². The molecule has 0 saturated heterocycles. The second kappa shape index (κ2) is 13.6. The Morgan fingerprint density at radius 1 is 0.419 bits per heavy atom. The monoisotopic (exact) mass is 652 g/mol. The molecule has 0 radical (unpaired) electrons. The average Bonchev–Trinajstić information content (AvgIpc) is 2.85. The smallest absolute Gasteiger partial charge is 0.409 e. The molecule has 0 aromatic heterocycles. The van der Waals surface area contributed by atoms with E-state index in [9.17, 15) is 0 Å². The van der Waals surface area contributed by atoms with Crippen molar-refractivity contribution >= 4 is 52.7 Å². The zero-order chi connectivity index (χ0) is 32.5. The predicted octanol–water partition coefficient (Wildman–Crippen LogP) is 7.34. The molecule has 0 bridgehead atoms. The van der Waals surface area contributed by atoms with Gasteiger partial charge in [-0.25, -0.2) is 0 Å². The lowest BCUT2D eigenvalue weighted by atomic mass is 10.1. The van der Waals surface area contributed by atoms with Crippen LogP contribution in [0.15, 0.2) is 36.4 Å². The Morgan fingerprint density at radius 2 is 0.651 bits per heavy atom. The van der Waals surface area contributed by atoms with Crippen LogP contribution in [0.2, 0.25) is 15.1 Å². The van der Waals surface area contributed by atoms with E-state index in [1.54, 1.807) is 0 Å². The van der Waals surface area contributed by atoms with Gasteiger partial charge in [0.15, 0.2) is 0 Å². The third-order valence-corrected chi connectivity index (χ3v) is 16.0. The van der Waals surface area contributed by atoms with Crippen molar-refractivity contribution in [3.8, 4) is 17.2 Å². The van der Waals surface area contributed by atoms with E-state index in [1.807, 2.05) is 0 Å². The van der Waals surface area contributed by atoms with Crippen molar-refractivity contribution in [3.05, 3.63) is 69.8 Å². The van der Waals surface area contributed by atoms with Gasteiger partial charge >= 0.3 is 8.60 Å². The van der Waals surface area contributed by atoms with Crippen molar-refractivity contribution in [3.63, 3.8) is 0 Å². The summed E-state index contributed by atoms with van der Waals surface area (Å²) in [4.78, 5) is 0. The summed E-state index contributed by atoms with van der Waals surface area (Å²) < 4.78 is 20.8. The molecule has 0 unspecified atom stereocenters. The molecule has 0 heterocycles. The van der Waals surface area contributed by atoms with Gasteiger partial charge < -0.3 is 13.6 Å². The molecule has 0 aliphatic carbocycles. The Morgan fingerprint density at radius 3 is 0.860 bits per heavy atom. The maximum Gasteiger partial charge on any atom is 0.530 e. The van der Waals surface area contributed by atoms with Crippen molar-refractivity contribution in [1.82, 2.24) is 0 Å². The lowest BCUT2D eigenvalue weighted by Crippen LogP contribution is -2.30. The lowest BCUT2D eigenvalue weighted by Gasteiger charge is -2.28. The standard InChI is InChI=1S/C36H57O3PSi3/c1-22-16-19-28(31(25(22)4)41-34(7,8)9)37-40(38-29-20-17-23(2)26(5)32(29)42-35(10,11)12)39-30-21-18-24(3)27(6)33(30)43-36(13,14)15/h16-21H,41-43H2,1-15H3. The first kappa shape index (κ1) is 35.6. The van der Waals surface area contributed by atoms with Crippen LogP contribution in [0.3, 0.4) is 0 Å². The number of aryl methyl sites for hydroxylation is 3. The van der Waals surface area contributed by atoms with Gasteiger partial charge in [0.2, 0.25) is 0 Å². The fraction of sp³-hybridized carbons (Fsp3) is 0.500. The van der Waals surface area contributed by atoms with Gasteiger partial charge in [0.05, 0.1) is 28.6 Å². The molecule has 0 atom stereocenters. The summed E-state index contributed by atoms with van der Waals surface area (Å²) >= 11 is 0. The van der Waals surface area contributed by atoms with Crippen LogP contribution in [0, 0.1) is 41.5 Å². The van der Waals surface area contributed by atoms with E-state index in [-0.39, 0.29) is 15.1 Å². The van der Waals surface area contributed by atoms with Gasteiger partial charge in [-0.15, -0.1) is 0 Å². The van der Waals surface area contributed by atoms with E-state index in [2.05, 4.69) is 140 Å². The highest BCUT2D eigenvalue weighted by atomic mass is 31.2. The van der Waals surface area contributed by atoms with Crippen molar-refractivity contribution in [1.29, 1.82) is 0 Å². The summed E-state index contributed by atoms with van der Waals surface area (Å²) in [5.41, 5.74) is 7.95. The Kier molecular flexibility index (Phi) is 11.3. The number of rotatable bonds is 9. The van der Waals surface area contributed by atoms with Crippen molar-refractivity contribution in [2.24, 2.45) is 0 Å². The van der Waals surface area contributed by atoms with Gasteiger partial charge in [0.25, 0.3) is 0 Å². The third-order valence-electron chi connectivity index (χ3n) is 8.12. The fourth-order valence-electron chi connectivity index (χ4n) is 5.35. The van der Waals surface area contributed by atoms with Gasteiger partial charge in [0.1, 0.15) is 17.2 Å². The largest absolute Gasteiger partial charge is 0.530 e. The van der Waals surface area contributed by atoms with Gasteiger partial charge in [-0.3, -0.25) is 0 Å². The molecule has 236 valence electrons. The Labute approximate surface area is 271 Å². The van der Waals surface area contributed by atoms with Crippen molar-refractivity contribution < 1.29 is 13.6 Å². The van der Waals surface area contributed by atoms with E-state index in [1.165, 1.54) is 48.9 Å². The van der Waals surface area contributed by atoms with Gasteiger partial charge in [-0.1, -0.05) is 80.5 Å². The zero-order valence-electron chi connectivity index (χ0n) is 29.8. The molecule has 3 aromatic carbocycles. The lowest BCUT2D eigenvalue weighted by molar-refractivity contribution is 0.391. The number of benzene rings is 3. The summed E-state index contributed by atoms with van der Waals surface area (Å²) in [6.07, 6.45) is 0. The zero-order valence-corrected chi connectivity index (χ0v) is 34.9. The minimum absolute atomic E-state index is 0.250. The maximum absolute atomic E-state index is 6.93. The van der Waals surface area contributed by atoms with Crippen LogP contribution in [0.4, 0.5) is 0 Å². The molecule has 3 aromatic rings. The van der Waals surface area contributed by atoms with Gasteiger partial charge in [-0.05, 0) is 124 Å². The topological polar surface area (TPSA) is 27.7 Å². The molecule has 0 fully saturated rings. The fourth-order valence-corrected chi connectivity index (χ4v) is 12.7. The summed E-state index contributed by atoms with van der Waals surface area (Å²) in [7, 11) is -3.66. The highest BCUT2D eigenvalue weighted by molar-refractivity contribution is 7.43. The van der Waals surface area contributed by atoms with Crippen LogP contribution in [0.1, 0.15) is 95.7 Å². The van der Waals surface area contributed by atoms with E-state index in [0.717, 1.165) is 17.2 Å². The van der Waals surface area contributed by atoms with E-state index < -0.39 is 37.2 Å². The van der Waals surface area contributed by atoms with Crippen LogP contribution < -0.4 is 29.1 Å². The predicted molar refractivity (Wildman–Crippen MR) is 200 cm³/mol. The maximum atomic E-state index is 6.93. The highest BCUT2D eigenvalue weighted by Gasteiger charge is 2.29. The molecule has 0 amide bonds. The number of hydrogen-bond acceptors (Lipinski definition) is 3. The molecule has 0 N–H and O–H groups in total. The van der Waals surface area contributed by atoms with Crippen LogP contribution in [-0.2, 0) is 0 Å². The highest BCUT2D eigenvalue weighted by Crippen LogP contribution is 2.43. The summed E-state index contributed by atoms with van der Waals surface area (Å²) in [5, 5.41) is 4.88. The number of hydrogen-bond donors (Lipinski definition) is 0. The van der Waals surface area contributed by atoms with Crippen molar-refractivity contribution in [2.75, 3.05) is 0 Å². The second-order valence-electron chi connectivity index (χ2n) is 16.2. The molecule has 0 spiro atoms. The first-order chi connectivity index (χ1) is 19.6. The van der Waals surface area contributed by atoms with E-state index >= 15 is 0 Å². The van der Waals surface area contributed by atoms with Crippen molar-refractivity contribution in [2.45, 2.75) is 119 Å². The Balaban J connectivity index is 2.18. The summed E-state index contributed by atoms with van der Waals surface area (Å²) in [5.74, 6) is 2.77. The molecule has 43 heavy (non-hydrogen) atoms. The van der Waals surface area contributed by atoms with Gasteiger partial charge in [-0.2, -0.15) is 0 Å². The average molecular weight is 653 g/mol. The SMILES string of the molecule is Cc1ccc(OP(Oc2ccc(C)c(C)c2[SiH2]C(C)(C)C)Oc2ccc(C)c(C)c2[SiH2]C(C)(C)C)c([SiH2]C(C)(C)C)c1C. The molecule has 0 saturated carbocycles. The second-order valence-corrected chi connectivity index (χ2v) is 26.7. The minimum atomic E-state index is -1.76. The molecular weight excluding hydrogens is 596 g/mol. The Hall–Kier alpha value is -1.86. The minimum Gasteiger partial charge on any atom is -0.409 e.